The minimum absolute atomic E-state index is 0.170. The molecule has 1 unspecified atom stereocenters. The Morgan fingerprint density at radius 2 is 2.06 bits per heavy atom. The van der Waals surface area contributed by atoms with E-state index in [1.807, 2.05) is 17.0 Å². The van der Waals surface area contributed by atoms with Gasteiger partial charge in [0.25, 0.3) is 0 Å². The molecule has 1 aromatic carbocycles. The Morgan fingerprint density at radius 3 is 2.62 bits per heavy atom. The number of hydrogen-bond donors (Lipinski definition) is 2. The van der Waals surface area contributed by atoms with E-state index < -0.39 is 0 Å². The molecule has 0 bridgehead atoms. The summed E-state index contributed by atoms with van der Waals surface area (Å²) in [6.45, 7) is 1.92. The summed E-state index contributed by atoms with van der Waals surface area (Å²) in [5.41, 5.74) is 6.59. The van der Waals surface area contributed by atoms with Crippen molar-refractivity contribution in [3.05, 3.63) is 29.8 Å². The van der Waals surface area contributed by atoms with E-state index in [0.29, 0.717) is 25.4 Å². The molecule has 1 amide bonds. The van der Waals surface area contributed by atoms with E-state index in [-0.39, 0.29) is 11.7 Å². The zero-order chi connectivity index (χ0) is 11.5. The minimum atomic E-state index is 0.170. The lowest BCUT2D eigenvalue weighted by Gasteiger charge is -2.16. The first-order chi connectivity index (χ1) is 7.69. The Labute approximate surface area is 94.7 Å². The molecule has 0 spiro atoms. The van der Waals surface area contributed by atoms with Gasteiger partial charge in [-0.2, -0.15) is 0 Å². The van der Waals surface area contributed by atoms with E-state index in [9.17, 15) is 4.79 Å². The summed E-state index contributed by atoms with van der Waals surface area (Å²) in [6, 6.07) is 6.93. The van der Waals surface area contributed by atoms with E-state index in [0.717, 1.165) is 12.1 Å². The maximum absolute atomic E-state index is 11.6. The molecule has 1 heterocycles. The standard InChI is InChI=1S/C12H16N2O2/c13-6-10-5-12(16)14(8-10)7-9-1-3-11(15)4-2-9/h1-4,10,15H,5-8,13H2. The molecule has 1 aliphatic heterocycles. The first kappa shape index (κ1) is 11.0. The number of rotatable bonds is 3. The molecule has 0 aliphatic carbocycles. The highest BCUT2D eigenvalue weighted by molar-refractivity contribution is 5.78. The second-order valence-electron chi connectivity index (χ2n) is 4.25. The maximum atomic E-state index is 11.6. The Bertz CT molecular complexity index is 375. The summed E-state index contributed by atoms with van der Waals surface area (Å²) in [5, 5.41) is 9.15. The number of phenols is 1. The maximum Gasteiger partial charge on any atom is 0.223 e. The summed E-state index contributed by atoms with van der Waals surface area (Å²) in [6.07, 6.45) is 0.564. The van der Waals surface area contributed by atoms with Crippen LogP contribution in [0.3, 0.4) is 0 Å². The highest BCUT2D eigenvalue weighted by atomic mass is 16.3. The Kier molecular flexibility index (Phi) is 3.10. The summed E-state index contributed by atoms with van der Waals surface area (Å²) in [4.78, 5) is 13.5. The third kappa shape index (κ3) is 2.33. The van der Waals surface area contributed by atoms with Gasteiger partial charge < -0.3 is 15.7 Å². The molecule has 1 atom stereocenters. The van der Waals surface area contributed by atoms with Gasteiger partial charge in [-0.25, -0.2) is 0 Å². The largest absolute Gasteiger partial charge is 0.508 e. The van der Waals surface area contributed by atoms with Crippen LogP contribution in [-0.4, -0.2) is 29.0 Å². The first-order valence-electron chi connectivity index (χ1n) is 5.45. The van der Waals surface area contributed by atoms with Gasteiger partial charge in [-0.05, 0) is 30.2 Å². The number of likely N-dealkylation sites (tertiary alicyclic amines) is 1. The van der Waals surface area contributed by atoms with Crippen LogP contribution in [0.25, 0.3) is 0 Å². The summed E-state index contributed by atoms with van der Waals surface area (Å²) < 4.78 is 0. The molecule has 16 heavy (non-hydrogen) atoms. The summed E-state index contributed by atoms with van der Waals surface area (Å²) >= 11 is 0. The van der Waals surface area contributed by atoms with E-state index >= 15 is 0 Å². The van der Waals surface area contributed by atoms with Gasteiger partial charge in [0.1, 0.15) is 5.75 Å². The van der Waals surface area contributed by atoms with Crippen molar-refractivity contribution in [2.75, 3.05) is 13.1 Å². The molecule has 3 N–H and O–H groups in total. The molecule has 0 saturated carbocycles. The topological polar surface area (TPSA) is 66.6 Å². The molecule has 4 nitrogen and oxygen atoms in total. The van der Waals surface area contributed by atoms with Crippen LogP contribution in [0.1, 0.15) is 12.0 Å². The van der Waals surface area contributed by atoms with Gasteiger partial charge in [0.05, 0.1) is 0 Å². The molecule has 0 aromatic heterocycles. The van der Waals surface area contributed by atoms with Gasteiger partial charge in [0.2, 0.25) is 5.91 Å². The van der Waals surface area contributed by atoms with Crippen LogP contribution < -0.4 is 5.73 Å². The second-order valence-corrected chi connectivity index (χ2v) is 4.25. The van der Waals surface area contributed by atoms with Crippen molar-refractivity contribution < 1.29 is 9.90 Å². The van der Waals surface area contributed by atoms with Gasteiger partial charge in [-0.1, -0.05) is 12.1 Å². The number of phenolic OH excluding ortho intramolecular Hbond substituents is 1. The molecule has 4 heteroatoms. The zero-order valence-electron chi connectivity index (χ0n) is 9.10. The van der Waals surface area contributed by atoms with Crippen molar-refractivity contribution in [3.8, 4) is 5.75 Å². The predicted octanol–water partition coefficient (Wildman–Crippen LogP) is 0.699. The average molecular weight is 220 g/mol. The van der Waals surface area contributed by atoms with E-state index in [4.69, 9.17) is 10.8 Å². The molecule has 1 fully saturated rings. The average Bonchev–Trinajstić information content (AvgIpc) is 2.63. The number of carbonyl (C=O) groups excluding carboxylic acids is 1. The normalized spacial score (nSPS) is 20.4. The van der Waals surface area contributed by atoms with E-state index in [2.05, 4.69) is 0 Å². The lowest BCUT2D eigenvalue weighted by atomic mass is 10.1. The van der Waals surface area contributed by atoms with Crippen LogP contribution in [0.5, 0.6) is 5.75 Å². The number of aromatic hydroxyl groups is 1. The van der Waals surface area contributed by atoms with Gasteiger partial charge in [-0.3, -0.25) is 4.79 Å². The van der Waals surface area contributed by atoms with Gasteiger partial charge >= 0.3 is 0 Å². The minimum Gasteiger partial charge on any atom is -0.508 e. The fourth-order valence-electron chi connectivity index (χ4n) is 1.99. The number of carbonyl (C=O) groups is 1. The lowest BCUT2D eigenvalue weighted by molar-refractivity contribution is -0.128. The van der Waals surface area contributed by atoms with Crippen LogP contribution >= 0.6 is 0 Å². The highest BCUT2D eigenvalue weighted by Crippen LogP contribution is 2.20. The third-order valence-electron chi connectivity index (χ3n) is 2.94. The monoisotopic (exact) mass is 220 g/mol. The Morgan fingerprint density at radius 1 is 1.38 bits per heavy atom. The molecule has 1 saturated heterocycles. The first-order valence-corrected chi connectivity index (χ1v) is 5.45. The summed E-state index contributed by atoms with van der Waals surface area (Å²) in [5.74, 6) is 0.712. The van der Waals surface area contributed by atoms with Gasteiger partial charge in [0, 0.05) is 19.5 Å². The smallest absolute Gasteiger partial charge is 0.223 e. The number of hydrogen-bond acceptors (Lipinski definition) is 3. The number of nitrogens with zero attached hydrogens (tertiary/aromatic N) is 1. The highest BCUT2D eigenvalue weighted by Gasteiger charge is 2.28. The summed E-state index contributed by atoms with van der Waals surface area (Å²) in [7, 11) is 0. The number of amides is 1. The molecular formula is C12H16N2O2. The van der Waals surface area contributed by atoms with Crippen LogP contribution in [0.2, 0.25) is 0 Å². The Hall–Kier alpha value is -1.55. The third-order valence-corrected chi connectivity index (χ3v) is 2.94. The second kappa shape index (κ2) is 4.53. The lowest BCUT2D eigenvalue weighted by Crippen LogP contribution is -2.25. The SMILES string of the molecule is NCC1CC(=O)N(Cc2ccc(O)cc2)C1. The molecule has 1 aromatic rings. The molecule has 86 valence electrons. The van der Waals surface area contributed by atoms with Crippen molar-refractivity contribution in [2.45, 2.75) is 13.0 Å². The quantitative estimate of drug-likeness (QED) is 0.788. The molecule has 1 aliphatic rings. The predicted molar refractivity (Wildman–Crippen MR) is 60.7 cm³/mol. The van der Waals surface area contributed by atoms with Gasteiger partial charge in [-0.15, -0.1) is 0 Å². The van der Waals surface area contributed by atoms with Crippen LogP contribution in [-0.2, 0) is 11.3 Å². The van der Waals surface area contributed by atoms with Crippen LogP contribution in [0.15, 0.2) is 24.3 Å². The molecule has 2 rings (SSSR count). The fraction of sp³-hybridized carbons (Fsp3) is 0.417. The molecular weight excluding hydrogens is 204 g/mol. The van der Waals surface area contributed by atoms with Crippen molar-refractivity contribution in [1.29, 1.82) is 0 Å². The fourth-order valence-corrected chi connectivity index (χ4v) is 1.99. The zero-order valence-corrected chi connectivity index (χ0v) is 9.10. The van der Waals surface area contributed by atoms with Crippen molar-refractivity contribution >= 4 is 5.91 Å². The van der Waals surface area contributed by atoms with Crippen LogP contribution in [0.4, 0.5) is 0 Å². The van der Waals surface area contributed by atoms with Crippen molar-refractivity contribution in [2.24, 2.45) is 11.7 Å². The van der Waals surface area contributed by atoms with Crippen molar-refractivity contribution in [1.82, 2.24) is 4.90 Å². The van der Waals surface area contributed by atoms with Crippen LogP contribution in [0, 0.1) is 5.92 Å². The van der Waals surface area contributed by atoms with E-state index in [1.165, 1.54) is 0 Å². The Balaban J connectivity index is 2.00. The van der Waals surface area contributed by atoms with E-state index in [1.54, 1.807) is 12.1 Å². The van der Waals surface area contributed by atoms with Gasteiger partial charge in [0.15, 0.2) is 0 Å². The number of benzene rings is 1. The molecule has 0 radical (unpaired) electrons. The number of nitrogens with two attached hydrogens (primary N) is 1. The van der Waals surface area contributed by atoms with Crippen molar-refractivity contribution in [3.63, 3.8) is 0 Å².